The molecule has 0 bridgehead atoms. The van der Waals surface area contributed by atoms with Crippen molar-refractivity contribution in [1.29, 1.82) is 0 Å². The number of nitrogens with one attached hydrogen (secondary N) is 2. The van der Waals surface area contributed by atoms with E-state index in [4.69, 9.17) is 4.74 Å². The van der Waals surface area contributed by atoms with Gasteiger partial charge in [-0.05, 0) is 56.5 Å². The van der Waals surface area contributed by atoms with Gasteiger partial charge >= 0.3 is 0 Å². The maximum Gasteiger partial charge on any atom is 0.255 e. The number of hydrogen-bond donors (Lipinski definition) is 2. The zero-order chi connectivity index (χ0) is 22.0. The summed E-state index contributed by atoms with van der Waals surface area (Å²) in [6, 6.07) is 13.4. The summed E-state index contributed by atoms with van der Waals surface area (Å²) in [6.07, 6.45) is 2.44. The molecule has 2 N–H and O–H groups in total. The molecular weight excluding hydrogens is 390 g/mol. The smallest absolute Gasteiger partial charge is 0.255 e. The van der Waals surface area contributed by atoms with E-state index in [-0.39, 0.29) is 5.91 Å². The second-order valence-corrected chi connectivity index (χ2v) is 7.78. The van der Waals surface area contributed by atoms with Crippen LogP contribution in [0.4, 0.5) is 11.6 Å². The fourth-order valence-corrected chi connectivity index (χ4v) is 3.80. The van der Waals surface area contributed by atoms with Gasteiger partial charge in [0, 0.05) is 11.4 Å². The Morgan fingerprint density at radius 1 is 1.16 bits per heavy atom. The summed E-state index contributed by atoms with van der Waals surface area (Å²) in [7, 11) is 0. The van der Waals surface area contributed by atoms with E-state index in [1.807, 2.05) is 57.2 Å². The van der Waals surface area contributed by atoms with Gasteiger partial charge in [0.25, 0.3) is 5.91 Å². The Labute approximate surface area is 182 Å². The van der Waals surface area contributed by atoms with Crippen molar-refractivity contribution in [3.63, 3.8) is 0 Å². The van der Waals surface area contributed by atoms with Crippen molar-refractivity contribution < 1.29 is 9.53 Å². The summed E-state index contributed by atoms with van der Waals surface area (Å²) < 4.78 is 7.45. The van der Waals surface area contributed by atoms with Crippen LogP contribution in [0, 0.1) is 13.8 Å². The van der Waals surface area contributed by atoms with Crippen LogP contribution >= 0.6 is 0 Å². The van der Waals surface area contributed by atoms with Gasteiger partial charge in [-0.3, -0.25) is 4.79 Å². The first-order chi connectivity index (χ1) is 15.0. The Hall–Kier alpha value is -3.61. The third-order valence-electron chi connectivity index (χ3n) is 5.34. The molecule has 1 unspecified atom stereocenters. The minimum atomic E-state index is -0.398. The topological polar surface area (TPSA) is 81.1 Å². The van der Waals surface area contributed by atoms with Gasteiger partial charge in [0.2, 0.25) is 5.95 Å². The largest absolute Gasteiger partial charge is 0.494 e. The van der Waals surface area contributed by atoms with Crippen LogP contribution in [-0.2, 0) is 4.79 Å². The van der Waals surface area contributed by atoms with Gasteiger partial charge in [-0.15, -0.1) is 0 Å². The molecule has 0 saturated carbocycles. The fraction of sp³-hybridized carbons (Fsp3) is 0.292. The average molecular weight is 418 g/mol. The third kappa shape index (κ3) is 4.17. The fourth-order valence-electron chi connectivity index (χ4n) is 3.80. The summed E-state index contributed by atoms with van der Waals surface area (Å²) in [5.74, 6) is 1.24. The summed E-state index contributed by atoms with van der Waals surface area (Å²) >= 11 is 0. The lowest BCUT2D eigenvalue weighted by Gasteiger charge is -2.29. The van der Waals surface area contributed by atoms with Crippen LogP contribution < -0.4 is 15.4 Å². The molecule has 1 aliphatic rings. The van der Waals surface area contributed by atoms with Crippen LogP contribution in [0.25, 0.3) is 0 Å². The maximum atomic E-state index is 13.4. The van der Waals surface area contributed by atoms with E-state index in [2.05, 4.69) is 33.7 Å². The molecule has 0 saturated heterocycles. The molecule has 3 aromatic rings. The van der Waals surface area contributed by atoms with E-state index < -0.39 is 6.04 Å². The number of aromatic nitrogens is 3. The number of carbonyl (C=O) groups excluding carboxylic acids is 1. The monoisotopic (exact) mass is 417 g/mol. The van der Waals surface area contributed by atoms with E-state index in [1.165, 1.54) is 6.33 Å². The summed E-state index contributed by atoms with van der Waals surface area (Å²) in [5.41, 5.74) is 5.25. The highest BCUT2D eigenvalue weighted by Gasteiger charge is 2.33. The second kappa shape index (κ2) is 8.63. The van der Waals surface area contributed by atoms with Crippen molar-refractivity contribution in [1.82, 2.24) is 14.8 Å². The molecule has 1 atom stereocenters. The molecule has 0 radical (unpaired) electrons. The van der Waals surface area contributed by atoms with Crippen molar-refractivity contribution in [2.75, 3.05) is 17.2 Å². The Morgan fingerprint density at radius 3 is 2.65 bits per heavy atom. The minimum Gasteiger partial charge on any atom is -0.494 e. The standard InChI is InChI=1S/C24H27N5O2/c1-5-12-31-19-9-7-18(8-10-19)22-21(17(4)27-24-25-14-26-29(22)24)23(30)28-20-11-6-15(2)13-16(20)3/h6-11,13-14,22H,5,12H2,1-4H3,(H,28,30)(H,25,26,27). The average Bonchev–Trinajstić information content (AvgIpc) is 3.21. The molecule has 1 amide bonds. The second-order valence-electron chi connectivity index (χ2n) is 7.78. The lowest BCUT2D eigenvalue weighted by atomic mass is 9.94. The van der Waals surface area contributed by atoms with Crippen molar-refractivity contribution in [3.8, 4) is 5.75 Å². The van der Waals surface area contributed by atoms with Gasteiger partial charge in [-0.2, -0.15) is 10.1 Å². The van der Waals surface area contributed by atoms with Crippen molar-refractivity contribution in [2.45, 2.75) is 40.2 Å². The van der Waals surface area contributed by atoms with E-state index in [0.717, 1.165) is 40.2 Å². The van der Waals surface area contributed by atoms with E-state index in [1.54, 1.807) is 4.68 Å². The molecule has 7 nitrogen and oxygen atoms in total. The highest BCUT2D eigenvalue weighted by Crippen LogP contribution is 2.36. The number of allylic oxidation sites excluding steroid dienone is 1. The third-order valence-corrected chi connectivity index (χ3v) is 5.34. The number of ether oxygens (including phenoxy) is 1. The first-order valence-electron chi connectivity index (χ1n) is 10.5. The normalized spacial score (nSPS) is 15.3. The Bertz CT molecular complexity index is 1130. The molecule has 1 aliphatic heterocycles. The van der Waals surface area contributed by atoms with Gasteiger partial charge in [-0.25, -0.2) is 4.68 Å². The van der Waals surface area contributed by atoms with Gasteiger partial charge in [-0.1, -0.05) is 36.8 Å². The molecule has 0 fully saturated rings. The number of anilines is 2. The van der Waals surface area contributed by atoms with Crippen LogP contribution in [0.3, 0.4) is 0 Å². The molecule has 0 spiro atoms. The van der Waals surface area contributed by atoms with Gasteiger partial charge in [0.1, 0.15) is 18.1 Å². The van der Waals surface area contributed by atoms with E-state index >= 15 is 0 Å². The lowest BCUT2D eigenvalue weighted by Crippen LogP contribution is -2.31. The number of carbonyl (C=O) groups is 1. The molecule has 0 aliphatic carbocycles. The number of hydrogen-bond acceptors (Lipinski definition) is 5. The predicted molar refractivity (Wildman–Crippen MR) is 121 cm³/mol. The molecule has 2 heterocycles. The number of aryl methyl sites for hydroxylation is 2. The van der Waals surface area contributed by atoms with Gasteiger partial charge in [0.15, 0.2) is 0 Å². The number of rotatable bonds is 6. The van der Waals surface area contributed by atoms with Crippen LogP contribution in [0.1, 0.15) is 43.0 Å². The lowest BCUT2D eigenvalue weighted by molar-refractivity contribution is -0.113. The summed E-state index contributed by atoms with van der Waals surface area (Å²) in [5, 5.41) is 10.7. The molecule has 160 valence electrons. The van der Waals surface area contributed by atoms with E-state index in [0.29, 0.717) is 18.1 Å². The molecule has 2 aromatic carbocycles. The summed E-state index contributed by atoms with van der Waals surface area (Å²) in [6.45, 7) is 8.66. The molecule has 4 rings (SSSR count). The zero-order valence-electron chi connectivity index (χ0n) is 18.3. The molecule has 7 heteroatoms. The number of fused-ring (bicyclic) bond motifs is 1. The van der Waals surface area contributed by atoms with E-state index in [9.17, 15) is 4.79 Å². The minimum absolute atomic E-state index is 0.172. The van der Waals surface area contributed by atoms with Crippen molar-refractivity contribution in [2.24, 2.45) is 0 Å². The summed E-state index contributed by atoms with van der Waals surface area (Å²) in [4.78, 5) is 17.7. The maximum absolute atomic E-state index is 13.4. The quantitative estimate of drug-likeness (QED) is 0.612. The highest BCUT2D eigenvalue weighted by atomic mass is 16.5. The first-order valence-corrected chi connectivity index (χ1v) is 10.5. The predicted octanol–water partition coefficient (Wildman–Crippen LogP) is 4.61. The first kappa shape index (κ1) is 20.7. The van der Waals surface area contributed by atoms with Crippen LogP contribution in [0.15, 0.2) is 60.1 Å². The number of amides is 1. The SMILES string of the molecule is CCCOc1ccc(C2C(C(=O)Nc3ccc(C)cc3C)=C(C)Nc3ncnn32)cc1. The van der Waals surface area contributed by atoms with Gasteiger partial charge in [0.05, 0.1) is 12.2 Å². The van der Waals surface area contributed by atoms with Crippen LogP contribution in [-0.4, -0.2) is 27.3 Å². The Kier molecular flexibility index (Phi) is 5.75. The zero-order valence-corrected chi connectivity index (χ0v) is 18.3. The van der Waals surface area contributed by atoms with Crippen molar-refractivity contribution >= 4 is 17.5 Å². The number of nitrogens with zero attached hydrogens (tertiary/aromatic N) is 3. The van der Waals surface area contributed by atoms with Crippen molar-refractivity contribution in [3.05, 3.63) is 76.8 Å². The Balaban J connectivity index is 1.69. The van der Waals surface area contributed by atoms with Crippen LogP contribution in [0.5, 0.6) is 5.75 Å². The highest BCUT2D eigenvalue weighted by molar-refractivity contribution is 6.06. The number of benzene rings is 2. The Morgan fingerprint density at radius 2 is 1.94 bits per heavy atom. The van der Waals surface area contributed by atoms with Gasteiger partial charge < -0.3 is 15.4 Å². The van der Waals surface area contributed by atoms with Crippen LogP contribution in [0.2, 0.25) is 0 Å². The molecular formula is C24H27N5O2. The molecule has 1 aromatic heterocycles. The molecule has 31 heavy (non-hydrogen) atoms.